The number of hydrogen-bond donors (Lipinski definition) is 7. The molecule has 2 aliphatic heterocycles. The standard InChI is InChI=1S/C52H98O14/c1-3-5-7-9-11-13-14-15-16-17-18-19-20-21-22-23-24-25-26-27-28-30-32-34-36-61-38-41(64-44(54)35-33-31-29-12-10-8-6-4-2)39-62-51-50(60)48(58)46(56)43(66-51)40-63-52-49(59)47(57)45(55)42(37-53)65-52/h17-18,41-43,45-53,55-60H,3-16,19-40H2,1-2H3/b18-17-. The van der Waals surface area contributed by atoms with Crippen LogP contribution in [0.5, 0.6) is 0 Å². The molecule has 11 unspecified atom stereocenters. The van der Waals surface area contributed by atoms with Gasteiger partial charge >= 0.3 is 5.97 Å². The van der Waals surface area contributed by atoms with Crippen molar-refractivity contribution in [1.82, 2.24) is 0 Å². The van der Waals surface area contributed by atoms with Gasteiger partial charge in [0.1, 0.15) is 54.9 Å². The van der Waals surface area contributed by atoms with Crippen LogP contribution in [0.2, 0.25) is 0 Å². The fourth-order valence-corrected chi connectivity index (χ4v) is 8.63. The molecule has 2 saturated heterocycles. The van der Waals surface area contributed by atoms with Gasteiger partial charge in [-0.15, -0.1) is 0 Å². The summed E-state index contributed by atoms with van der Waals surface area (Å²) in [7, 11) is 0. The summed E-state index contributed by atoms with van der Waals surface area (Å²) in [6.45, 7) is 3.68. The maximum Gasteiger partial charge on any atom is 0.306 e. The zero-order valence-electron chi connectivity index (χ0n) is 41.4. The SMILES string of the molecule is CCCCCCCCCC/C=C\CCCCCCCCCCCCCCOCC(COC1OC(COC2OC(CO)C(O)C(O)C2O)C(O)C(O)C1O)OC(=O)CCCCCCCCCC. The molecule has 390 valence electrons. The summed E-state index contributed by atoms with van der Waals surface area (Å²) >= 11 is 0. The minimum atomic E-state index is -1.70. The summed E-state index contributed by atoms with van der Waals surface area (Å²) in [5.74, 6) is -0.378. The zero-order valence-corrected chi connectivity index (χ0v) is 41.4. The number of unbranched alkanes of at least 4 members (excludes halogenated alkanes) is 27. The van der Waals surface area contributed by atoms with Crippen molar-refractivity contribution in [3.05, 3.63) is 12.2 Å². The van der Waals surface area contributed by atoms with Gasteiger partial charge in [0, 0.05) is 13.0 Å². The lowest BCUT2D eigenvalue weighted by Crippen LogP contribution is -2.61. The topological polar surface area (TPSA) is 214 Å². The number of carbonyl (C=O) groups excluding carboxylic acids is 1. The summed E-state index contributed by atoms with van der Waals surface area (Å²) in [5.41, 5.74) is 0. The van der Waals surface area contributed by atoms with E-state index in [0.717, 1.165) is 38.5 Å². The zero-order chi connectivity index (χ0) is 48.0. The van der Waals surface area contributed by atoms with Crippen molar-refractivity contribution in [2.75, 3.05) is 33.0 Å². The molecular formula is C52H98O14. The van der Waals surface area contributed by atoms with Crippen LogP contribution in [0.1, 0.15) is 213 Å². The molecule has 14 heteroatoms. The molecular weight excluding hydrogens is 849 g/mol. The number of ether oxygens (including phenoxy) is 6. The Balaban J connectivity index is 1.65. The van der Waals surface area contributed by atoms with E-state index >= 15 is 0 Å². The molecule has 11 atom stereocenters. The maximum absolute atomic E-state index is 12.9. The van der Waals surface area contributed by atoms with Crippen LogP contribution >= 0.6 is 0 Å². The van der Waals surface area contributed by atoms with E-state index in [-0.39, 0.29) is 25.6 Å². The summed E-state index contributed by atoms with van der Waals surface area (Å²) in [4.78, 5) is 12.9. The second-order valence-corrected chi connectivity index (χ2v) is 19.1. The smallest absolute Gasteiger partial charge is 0.306 e. The molecule has 2 heterocycles. The molecule has 2 fully saturated rings. The highest BCUT2D eigenvalue weighted by atomic mass is 16.7. The summed E-state index contributed by atoms with van der Waals surface area (Å²) in [5, 5.41) is 72.0. The summed E-state index contributed by atoms with van der Waals surface area (Å²) in [6.07, 6.45) is 25.9. The van der Waals surface area contributed by atoms with Gasteiger partial charge in [0.15, 0.2) is 12.6 Å². The predicted octanol–water partition coefficient (Wildman–Crippen LogP) is 8.24. The van der Waals surface area contributed by atoms with E-state index in [0.29, 0.717) is 13.0 Å². The lowest BCUT2D eigenvalue weighted by molar-refractivity contribution is -0.332. The van der Waals surface area contributed by atoms with Crippen LogP contribution in [0, 0.1) is 0 Å². The minimum absolute atomic E-state index is 0.0663. The molecule has 14 nitrogen and oxygen atoms in total. The Kier molecular flexibility index (Phi) is 37.3. The largest absolute Gasteiger partial charge is 0.457 e. The average molecular weight is 947 g/mol. The normalized spacial score (nSPS) is 26.3. The van der Waals surface area contributed by atoms with Gasteiger partial charge in [0.2, 0.25) is 0 Å². The molecule has 0 aromatic rings. The second kappa shape index (κ2) is 40.5. The quantitative estimate of drug-likeness (QED) is 0.0174. The summed E-state index contributed by atoms with van der Waals surface area (Å²) < 4.78 is 34.2. The van der Waals surface area contributed by atoms with Crippen molar-refractivity contribution in [3.63, 3.8) is 0 Å². The number of aliphatic hydroxyl groups is 7. The Morgan fingerprint density at radius 2 is 0.894 bits per heavy atom. The van der Waals surface area contributed by atoms with E-state index < -0.39 is 80.7 Å². The van der Waals surface area contributed by atoms with Crippen LogP contribution in [-0.4, -0.2) is 142 Å². The Labute approximate surface area is 399 Å². The number of rotatable bonds is 43. The van der Waals surface area contributed by atoms with Crippen molar-refractivity contribution >= 4 is 5.97 Å². The van der Waals surface area contributed by atoms with Crippen LogP contribution in [0.3, 0.4) is 0 Å². The molecule has 0 spiro atoms. The molecule has 2 rings (SSSR count). The third-order valence-electron chi connectivity index (χ3n) is 13.0. The van der Waals surface area contributed by atoms with Crippen molar-refractivity contribution in [1.29, 1.82) is 0 Å². The third-order valence-corrected chi connectivity index (χ3v) is 13.0. The molecule has 0 aromatic heterocycles. The number of carbonyl (C=O) groups is 1. The van der Waals surface area contributed by atoms with Crippen LogP contribution in [0.15, 0.2) is 12.2 Å². The number of esters is 1. The average Bonchev–Trinajstić information content (AvgIpc) is 3.31. The number of allylic oxidation sites excluding steroid dienone is 2. The molecule has 0 amide bonds. The van der Waals surface area contributed by atoms with Gasteiger partial charge in [-0.2, -0.15) is 0 Å². The van der Waals surface area contributed by atoms with E-state index in [9.17, 15) is 40.5 Å². The molecule has 66 heavy (non-hydrogen) atoms. The fourth-order valence-electron chi connectivity index (χ4n) is 8.63. The van der Waals surface area contributed by atoms with Crippen molar-refractivity contribution in [2.24, 2.45) is 0 Å². The molecule has 0 saturated carbocycles. The molecule has 2 aliphatic rings. The number of aliphatic hydroxyl groups excluding tert-OH is 7. The molecule has 0 bridgehead atoms. The molecule has 0 radical (unpaired) electrons. The van der Waals surface area contributed by atoms with E-state index in [1.807, 2.05) is 0 Å². The monoisotopic (exact) mass is 947 g/mol. The summed E-state index contributed by atoms with van der Waals surface area (Å²) in [6, 6.07) is 0. The number of hydrogen-bond acceptors (Lipinski definition) is 14. The van der Waals surface area contributed by atoms with E-state index in [1.165, 1.54) is 148 Å². The second-order valence-electron chi connectivity index (χ2n) is 19.1. The first-order valence-corrected chi connectivity index (χ1v) is 26.8. The Morgan fingerprint density at radius 1 is 0.485 bits per heavy atom. The first-order chi connectivity index (χ1) is 32.1. The maximum atomic E-state index is 12.9. The van der Waals surface area contributed by atoms with E-state index in [1.54, 1.807) is 0 Å². The first-order valence-electron chi connectivity index (χ1n) is 26.8. The van der Waals surface area contributed by atoms with E-state index in [2.05, 4.69) is 26.0 Å². The third kappa shape index (κ3) is 27.8. The van der Waals surface area contributed by atoms with Crippen LogP contribution < -0.4 is 0 Å². The minimum Gasteiger partial charge on any atom is -0.457 e. The Bertz CT molecular complexity index is 1140. The predicted molar refractivity (Wildman–Crippen MR) is 257 cm³/mol. The van der Waals surface area contributed by atoms with Crippen molar-refractivity contribution in [3.8, 4) is 0 Å². The van der Waals surface area contributed by atoms with Gasteiger partial charge < -0.3 is 64.2 Å². The Hall–Kier alpha value is -1.27. The van der Waals surface area contributed by atoms with Crippen molar-refractivity contribution in [2.45, 2.75) is 280 Å². The van der Waals surface area contributed by atoms with E-state index in [4.69, 9.17) is 28.4 Å². The van der Waals surface area contributed by atoms with Gasteiger partial charge in [0.25, 0.3) is 0 Å². The molecule has 0 aromatic carbocycles. The Morgan fingerprint density at radius 3 is 1.38 bits per heavy atom. The molecule has 0 aliphatic carbocycles. The highest BCUT2D eigenvalue weighted by Gasteiger charge is 2.47. The van der Waals surface area contributed by atoms with Crippen LogP contribution in [0.4, 0.5) is 0 Å². The van der Waals surface area contributed by atoms with Gasteiger partial charge in [-0.1, -0.05) is 180 Å². The lowest BCUT2D eigenvalue weighted by atomic mass is 9.98. The lowest BCUT2D eigenvalue weighted by Gasteiger charge is -2.42. The van der Waals surface area contributed by atoms with Gasteiger partial charge in [0.05, 0.1) is 26.4 Å². The van der Waals surface area contributed by atoms with Crippen LogP contribution in [-0.2, 0) is 33.2 Å². The van der Waals surface area contributed by atoms with Crippen LogP contribution in [0.25, 0.3) is 0 Å². The molecule has 7 N–H and O–H groups in total. The highest BCUT2D eigenvalue weighted by Crippen LogP contribution is 2.26. The fraction of sp³-hybridized carbons (Fsp3) is 0.942. The van der Waals surface area contributed by atoms with Gasteiger partial charge in [-0.05, 0) is 38.5 Å². The van der Waals surface area contributed by atoms with Gasteiger partial charge in [-0.3, -0.25) is 4.79 Å². The first kappa shape index (κ1) is 60.9. The highest BCUT2D eigenvalue weighted by molar-refractivity contribution is 5.69. The van der Waals surface area contributed by atoms with Crippen molar-refractivity contribution < 1.29 is 69.0 Å². The van der Waals surface area contributed by atoms with Gasteiger partial charge in [-0.25, -0.2) is 0 Å².